The first-order valence-corrected chi connectivity index (χ1v) is 6.55. The molecule has 0 spiro atoms. The van der Waals surface area contributed by atoms with Gasteiger partial charge < -0.3 is 5.11 Å². The fourth-order valence-electron chi connectivity index (χ4n) is 1.87. The van der Waals surface area contributed by atoms with Crippen molar-refractivity contribution in [2.45, 2.75) is 32.8 Å². The van der Waals surface area contributed by atoms with Gasteiger partial charge >= 0.3 is 0 Å². The summed E-state index contributed by atoms with van der Waals surface area (Å²) in [5.41, 5.74) is 2.03. The lowest BCUT2D eigenvalue weighted by Crippen LogP contribution is -2.04. The second-order valence-electron chi connectivity index (χ2n) is 4.25. The van der Waals surface area contributed by atoms with Crippen LogP contribution in [0.5, 0.6) is 0 Å². The molecule has 1 aromatic carbocycles. The smallest absolute Gasteiger partial charge is 0.141 e. The monoisotopic (exact) mass is 283 g/mol. The molecule has 0 bridgehead atoms. The standard InChI is InChI=1S/C13H15ClFN3O/c1-2-3-4-13-12(8-19)16-17-18(13)9-5-6-11(15)10(14)7-9/h5-7,19H,2-4,8H2,1H3. The molecule has 19 heavy (non-hydrogen) atoms. The lowest BCUT2D eigenvalue weighted by molar-refractivity contribution is 0.275. The lowest BCUT2D eigenvalue weighted by atomic mass is 10.1. The van der Waals surface area contributed by atoms with Gasteiger partial charge in [-0.25, -0.2) is 9.07 Å². The largest absolute Gasteiger partial charge is 0.390 e. The molecule has 6 heteroatoms. The third kappa shape index (κ3) is 2.93. The Hall–Kier alpha value is -1.46. The van der Waals surface area contributed by atoms with Gasteiger partial charge in [-0.15, -0.1) is 5.10 Å². The van der Waals surface area contributed by atoms with Crippen LogP contribution in [0.4, 0.5) is 4.39 Å². The Morgan fingerprint density at radius 3 is 2.84 bits per heavy atom. The van der Waals surface area contributed by atoms with Crippen LogP contribution in [-0.2, 0) is 13.0 Å². The molecule has 0 aliphatic rings. The quantitative estimate of drug-likeness (QED) is 0.918. The van der Waals surface area contributed by atoms with Gasteiger partial charge in [0, 0.05) is 0 Å². The van der Waals surface area contributed by atoms with Crippen molar-refractivity contribution in [3.8, 4) is 5.69 Å². The summed E-state index contributed by atoms with van der Waals surface area (Å²) in [6, 6.07) is 4.39. The number of hydrogen-bond acceptors (Lipinski definition) is 3. The molecule has 0 amide bonds. The molecule has 0 aliphatic carbocycles. The van der Waals surface area contributed by atoms with Crippen LogP contribution in [0.15, 0.2) is 18.2 Å². The van der Waals surface area contributed by atoms with E-state index >= 15 is 0 Å². The summed E-state index contributed by atoms with van der Waals surface area (Å²) in [6.07, 6.45) is 2.75. The van der Waals surface area contributed by atoms with E-state index in [4.69, 9.17) is 11.6 Å². The van der Waals surface area contributed by atoms with Crippen LogP contribution in [0.1, 0.15) is 31.2 Å². The van der Waals surface area contributed by atoms with E-state index in [9.17, 15) is 9.50 Å². The van der Waals surface area contributed by atoms with Crippen molar-refractivity contribution in [3.63, 3.8) is 0 Å². The Labute approximate surface area is 115 Å². The Morgan fingerprint density at radius 1 is 1.42 bits per heavy atom. The van der Waals surface area contributed by atoms with E-state index in [2.05, 4.69) is 17.2 Å². The summed E-state index contributed by atoms with van der Waals surface area (Å²) in [5.74, 6) is -0.469. The molecule has 102 valence electrons. The van der Waals surface area contributed by atoms with E-state index < -0.39 is 5.82 Å². The molecule has 0 aliphatic heterocycles. The molecule has 1 N–H and O–H groups in total. The van der Waals surface area contributed by atoms with E-state index in [1.54, 1.807) is 10.7 Å². The van der Waals surface area contributed by atoms with E-state index in [0.29, 0.717) is 11.4 Å². The van der Waals surface area contributed by atoms with Crippen molar-refractivity contribution in [1.82, 2.24) is 15.0 Å². The highest BCUT2D eigenvalue weighted by molar-refractivity contribution is 6.30. The molecule has 1 heterocycles. The van der Waals surface area contributed by atoms with Gasteiger partial charge in [0.2, 0.25) is 0 Å². The minimum Gasteiger partial charge on any atom is -0.390 e. The maximum absolute atomic E-state index is 13.2. The zero-order valence-electron chi connectivity index (χ0n) is 10.6. The predicted molar refractivity (Wildman–Crippen MR) is 70.9 cm³/mol. The molecule has 0 saturated heterocycles. The lowest BCUT2D eigenvalue weighted by Gasteiger charge is -2.07. The number of aliphatic hydroxyl groups is 1. The zero-order chi connectivity index (χ0) is 13.8. The summed E-state index contributed by atoms with van der Waals surface area (Å²) in [5, 5.41) is 17.3. The highest BCUT2D eigenvalue weighted by Gasteiger charge is 2.14. The number of nitrogens with zero attached hydrogens (tertiary/aromatic N) is 3. The van der Waals surface area contributed by atoms with Crippen molar-refractivity contribution in [3.05, 3.63) is 40.4 Å². The highest BCUT2D eigenvalue weighted by Crippen LogP contribution is 2.21. The van der Waals surface area contributed by atoms with Crippen molar-refractivity contribution in [2.24, 2.45) is 0 Å². The molecule has 0 saturated carbocycles. The third-order valence-electron chi connectivity index (χ3n) is 2.91. The topological polar surface area (TPSA) is 50.9 Å². The summed E-state index contributed by atoms with van der Waals surface area (Å²) >= 11 is 5.78. The second kappa shape index (κ2) is 6.12. The van der Waals surface area contributed by atoms with Gasteiger partial charge in [0.25, 0.3) is 0 Å². The summed E-state index contributed by atoms with van der Waals surface area (Å²) in [7, 11) is 0. The fourth-order valence-corrected chi connectivity index (χ4v) is 2.05. The zero-order valence-corrected chi connectivity index (χ0v) is 11.4. The summed E-state index contributed by atoms with van der Waals surface area (Å²) in [6.45, 7) is 1.93. The van der Waals surface area contributed by atoms with Crippen molar-refractivity contribution < 1.29 is 9.50 Å². The third-order valence-corrected chi connectivity index (χ3v) is 3.20. The minimum absolute atomic E-state index is 0.0417. The molecule has 4 nitrogen and oxygen atoms in total. The maximum atomic E-state index is 13.2. The van der Waals surface area contributed by atoms with E-state index in [-0.39, 0.29) is 11.6 Å². The van der Waals surface area contributed by atoms with Crippen molar-refractivity contribution in [2.75, 3.05) is 0 Å². The first-order valence-electron chi connectivity index (χ1n) is 6.17. The Morgan fingerprint density at radius 2 is 2.21 bits per heavy atom. The number of aromatic nitrogens is 3. The van der Waals surface area contributed by atoms with Gasteiger partial charge in [0.1, 0.15) is 11.5 Å². The number of aliphatic hydroxyl groups excluding tert-OH is 1. The Kier molecular flexibility index (Phi) is 4.50. The average molecular weight is 284 g/mol. The first-order chi connectivity index (χ1) is 9.17. The maximum Gasteiger partial charge on any atom is 0.141 e. The van der Waals surface area contributed by atoms with Gasteiger partial charge in [-0.3, -0.25) is 0 Å². The van der Waals surface area contributed by atoms with Crippen LogP contribution >= 0.6 is 11.6 Å². The number of halogens is 2. The molecular formula is C13H15ClFN3O. The number of rotatable bonds is 5. The molecule has 0 radical (unpaired) electrons. The number of unbranched alkanes of at least 4 members (excludes halogenated alkanes) is 1. The second-order valence-corrected chi connectivity index (χ2v) is 4.66. The first kappa shape index (κ1) is 14.0. The van der Waals surface area contributed by atoms with E-state index in [1.807, 2.05) is 0 Å². The molecule has 2 rings (SSSR count). The van der Waals surface area contributed by atoms with Crippen LogP contribution in [0.25, 0.3) is 5.69 Å². The number of hydrogen-bond donors (Lipinski definition) is 1. The summed E-state index contributed by atoms with van der Waals surface area (Å²) in [4.78, 5) is 0. The van der Waals surface area contributed by atoms with Gasteiger partial charge in [0.15, 0.2) is 0 Å². The van der Waals surface area contributed by atoms with Crippen LogP contribution in [0.2, 0.25) is 5.02 Å². The highest BCUT2D eigenvalue weighted by atomic mass is 35.5. The van der Waals surface area contributed by atoms with Crippen molar-refractivity contribution in [1.29, 1.82) is 0 Å². The Bertz CT molecular complexity index is 571. The van der Waals surface area contributed by atoms with Crippen LogP contribution in [-0.4, -0.2) is 20.1 Å². The molecule has 0 unspecified atom stereocenters. The van der Waals surface area contributed by atoms with Crippen LogP contribution < -0.4 is 0 Å². The molecule has 0 fully saturated rings. The molecule has 0 atom stereocenters. The van der Waals surface area contributed by atoms with E-state index in [0.717, 1.165) is 25.0 Å². The summed E-state index contributed by atoms with van der Waals surface area (Å²) < 4.78 is 14.8. The van der Waals surface area contributed by atoms with E-state index in [1.165, 1.54) is 12.1 Å². The minimum atomic E-state index is -0.469. The SMILES string of the molecule is CCCCc1c(CO)nnn1-c1ccc(F)c(Cl)c1. The molecule has 1 aromatic heterocycles. The molecule has 2 aromatic rings. The van der Waals surface area contributed by atoms with Gasteiger partial charge in [-0.05, 0) is 31.0 Å². The van der Waals surface area contributed by atoms with Crippen molar-refractivity contribution >= 4 is 11.6 Å². The average Bonchev–Trinajstić information content (AvgIpc) is 2.82. The fraction of sp³-hybridized carbons (Fsp3) is 0.385. The predicted octanol–water partition coefficient (Wildman–Crippen LogP) is 2.89. The number of benzene rings is 1. The Balaban J connectivity index is 2.42. The van der Waals surface area contributed by atoms with Gasteiger partial charge in [-0.1, -0.05) is 30.2 Å². The van der Waals surface area contributed by atoms with Gasteiger partial charge in [0.05, 0.1) is 23.0 Å². The van der Waals surface area contributed by atoms with Crippen LogP contribution in [0, 0.1) is 5.82 Å². The van der Waals surface area contributed by atoms with Gasteiger partial charge in [-0.2, -0.15) is 0 Å². The normalized spacial score (nSPS) is 10.9. The molecular weight excluding hydrogens is 269 g/mol. The van der Waals surface area contributed by atoms with Crippen LogP contribution in [0.3, 0.4) is 0 Å².